The van der Waals surface area contributed by atoms with Crippen LogP contribution in [0.15, 0.2) is 30.3 Å². The maximum atomic E-state index is 10.8. The van der Waals surface area contributed by atoms with E-state index in [1.165, 1.54) is 5.56 Å². The van der Waals surface area contributed by atoms with Crippen LogP contribution in [0.5, 0.6) is 0 Å². The standard InChI is InChI=1S/C14H19NO2/c16-14(17)13-10-9-12(15-13)8-4-7-11-5-2-1-3-6-11/h1-3,5-6,12-13,15H,4,7-10H2,(H,16,17). The Balaban J connectivity index is 1.68. The fourth-order valence-electron chi connectivity index (χ4n) is 2.44. The van der Waals surface area contributed by atoms with E-state index in [1.54, 1.807) is 0 Å². The lowest BCUT2D eigenvalue weighted by atomic mass is 10.0. The van der Waals surface area contributed by atoms with Gasteiger partial charge in [-0.15, -0.1) is 0 Å². The predicted molar refractivity (Wildman–Crippen MR) is 67.0 cm³/mol. The topological polar surface area (TPSA) is 49.3 Å². The monoisotopic (exact) mass is 233 g/mol. The zero-order valence-electron chi connectivity index (χ0n) is 9.93. The van der Waals surface area contributed by atoms with Crippen LogP contribution in [0, 0.1) is 0 Å². The molecule has 1 heterocycles. The fourth-order valence-corrected chi connectivity index (χ4v) is 2.44. The molecule has 3 heteroatoms. The first-order chi connectivity index (χ1) is 8.25. The van der Waals surface area contributed by atoms with Gasteiger partial charge in [0, 0.05) is 6.04 Å². The first-order valence-electron chi connectivity index (χ1n) is 6.28. The minimum Gasteiger partial charge on any atom is -0.480 e. The van der Waals surface area contributed by atoms with Gasteiger partial charge in [-0.2, -0.15) is 0 Å². The third-order valence-corrected chi connectivity index (χ3v) is 3.40. The zero-order valence-corrected chi connectivity index (χ0v) is 9.93. The van der Waals surface area contributed by atoms with E-state index in [2.05, 4.69) is 29.6 Å². The van der Waals surface area contributed by atoms with Crippen molar-refractivity contribution in [3.63, 3.8) is 0 Å². The summed E-state index contributed by atoms with van der Waals surface area (Å²) in [6.45, 7) is 0. The van der Waals surface area contributed by atoms with Crippen LogP contribution >= 0.6 is 0 Å². The van der Waals surface area contributed by atoms with Crippen LogP contribution in [0.25, 0.3) is 0 Å². The van der Waals surface area contributed by atoms with E-state index in [0.29, 0.717) is 6.04 Å². The number of carbonyl (C=O) groups is 1. The minimum absolute atomic E-state index is 0.322. The zero-order chi connectivity index (χ0) is 12.1. The number of benzene rings is 1. The highest BCUT2D eigenvalue weighted by Crippen LogP contribution is 2.17. The largest absolute Gasteiger partial charge is 0.480 e. The first-order valence-corrected chi connectivity index (χ1v) is 6.28. The predicted octanol–water partition coefficient (Wildman–Crippen LogP) is 2.21. The Morgan fingerprint density at radius 2 is 2.06 bits per heavy atom. The van der Waals surface area contributed by atoms with Crippen molar-refractivity contribution in [3.05, 3.63) is 35.9 Å². The summed E-state index contributed by atoms with van der Waals surface area (Å²) in [6, 6.07) is 10.5. The second-order valence-corrected chi connectivity index (χ2v) is 4.71. The molecule has 0 aliphatic carbocycles. The van der Waals surface area contributed by atoms with Crippen LogP contribution < -0.4 is 5.32 Å². The quantitative estimate of drug-likeness (QED) is 0.819. The highest BCUT2D eigenvalue weighted by Gasteiger charge is 2.27. The van der Waals surface area contributed by atoms with Crippen LogP contribution in [-0.2, 0) is 11.2 Å². The molecule has 1 saturated heterocycles. The van der Waals surface area contributed by atoms with Gasteiger partial charge in [0.15, 0.2) is 0 Å². The molecule has 1 fully saturated rings. The molecule has 3 nitrogen and oxygen atoms in total. The maximum absolute atomic E-state index is 10.8. The van der Waals surface area contributed by atoms with Gasteiger partial charge in [-0.05, 0) is 37.7 Å². The third-order valence-electron chi connectivity index (χ3n) is 3.40. The Kier molecular flexibility index (Phi) is 4.15. The highest BCUT2D eigenvalue weighted by atomic mass is 16.4. The van der Waals surface area contributed by atoms with Gasteiger partial charge < -0.3 is 10.4 Å². The van der Waals surface area contributed by atoms with Crippen molar-refractivity contribution in [2.45, 2.75) is 44.2 Å². The van der Waals surface area contributed by atoms with Crippen LogP contribution in [0.3, 0.4) is 0 Å². The highest BCUT2D eigenvalue weighted by molar-refractivity contribution is 5.73. The Labute approximate surface area is 102 Å². The number of hydrogen-bond donors (Lipinski definition) is 2. The van der Waals surface area contributed by atoms with Gasteiger partial charge in [0.25, 0.3) is 0 Å². The van der Waals surface area contributed by atoms with E-state index < -0.39 is 5.97 Å². The van der Waals surface area contributed by atoms with Crippen molar-refractivity contribution in [2.75, 3.05) is 0 Å². The van der Waals surface area contributed by atoms with E-state index in [-0.39, 0.29) is 6.04 Å². The second kappa shape index (κ2) is 5.82. The molecule has 0 saturated carbocycles. The van der Waals surface area contributed by atoms with Gasteiger partial charge in [0.2, 0.25) is 0 Å². The van der Waals surface area contributed by atoms with E-state index in [9.17, 15) is 4.79 Å². The van der Waals surface area contributed by atoms with Crippen LogP contribution in [-0.4, -0.2) is 23.2 Å². The smallest absolute Gasteiger partial charge is 0.320 e. The summed E-state index contributed by atoms with van der Waals surface area (Å²) < 4.78 is 0. The molecule has 92 valence electrons. The molecule has 1 aromatic carbocycles. The molecule has 17 heavy (non-hydrogen) atoms. The van der Waals surface area contributed by atoms with Crippen molar-refractivity contribution in [1.82, 2.24) is 5.32 Å². The molecule has 2 unspecified atom stereocenters. The normalized spacial score (nSPS) is 23.8. The lowest BCUT2D eigenvalue weighted by Crippen LogP contribution is -2.35. The van der Waals surface area contributed by atoms with Crippen LogP contribution in [0.1, 0.15) is 31.2 Å². The number of rotatable bonds is 5. The van der Waals surface area contributed by atoms with Gasteiger partial charge >= 0.3 is 5.97 Å². The summed E-state index contributed by atoms with van der Waals surface area (Å²) in [5.74, 6) is -0.712. The van der Waals surface area contributed by atoms with Gasteiger partial charge in [-0.1, -0.05) is 30.3 Å². The van der Waals surface area contributed by atoms with E-state index in [1.807, 2.05) is 6.07 Å². The van der Waals surface area contributed by atoms with E-state index in [0.717, 1.165) is 32.1 Å². The van der Waals surface area contributed by atoms with Crippen molar-refractivity contribution >= 4 is 5.97 Å². The van der Waals surface area contributed by atoms with Crippen LogP contribution in [0.4, 0.5) is 0 Å². The molecule has 1 aliphatic rings. The van der Waals surface area contributed by atoms with Crippen molar-refractivity contribution in [2.24, 2.45) is 0 Å². The molecule has 1 aromatic rings. The third kappa shape index (κ3) is 3.56. The SMILES string of the molecule is O=C(O)C1CCC(CCCc2ccccc2)N1. The van der Waals surface area contributed by atoms with Crippen LogP contribution in [0.2, 0.25) is 0 Å². The minimum atomic E-state index is -0.712. The molecule has 2 rings (SSSR count). The molecule has 0 spiro atoms. The molecule has 0 amide bonds. The van der Waals surface area contributed by atoms with Crippen molar-refractivity contribution in [1.29, 1.82) is 0 Å². The molecular formula is C14H19NO2. The number of nitrogens with one attached hydrogen (secondary N) is 1. The Morgan fingerprint density at radius 3 is 2.71 bits per heavy atom. The van der Waals surface area contributed by atoms with E-state index >= 15 is 0 Å². The number of aryl methyl sites for hydroxylation is 1. The van der Waals surface area contributed by atoms with Gasteiger partial charge in [-0.3, -0.25) is 4.79 Å². The molecule has 1 aliphatic heterocycles. The lowest BCUT2D eigenvalue weighted by molar-refractivity contribution is -0.139. The lowest BCUT2D eigenvalue weighted by Gasteiger charge is -2.11. The Hall–Kier alpha value is -1.35. The van der Waals surface area contributed by atoms with Crippen molar-refractivity contribution in [3.8, 4) is 0 Å². The maximum Gasteiger partial charge on any atom is 0.320 e. The molecule has 2 N–H and O–H groups in total. The Morgan fingerprint density at radius 1 is 1.29 bits per heavy atom. The molecule has 2 atom stereocenters. The van der Waals surface area contributed by atoms with Gasteiger partial charge in [0.05, 0.1) is 0 Å². The average Bonchev–Trinajstić information content (AvgIpc) is 2.79. The van der Waals surface area contributed by atoms with E-state index in [4.69, 9.17) is 5.11 Å². The summed E-state index contributed by atoms with van der Waals surface area (Å²) >= 11 is 0. The molecular weight excluding hydrogens is 214 g/mol. The first kappa shape index (κ1) is 12.1. The summed E-state index contributed by atoms with van der Waals surface area (Å²) in [4.78, 5) is 10.8. The Bertz CT molecular complexity index is 364. The fraction of sp³-hybridized carbons (Fsp3) is 0.500. The van der Waals surface area contributed by atoms with Gasteiger partial charge in [-0.25, -0.2) is 0 Å². The molecule has 0 radical (unpaired) electrons. The summed E-state index contributed by atoms with van der Waals surface area (Å²) in [5, 5.41) is 12.0. The summed E-state index contributed by atoms with van der Waals surface area (Å²) in [7, 11) is 0. The number of hydrogen-bond acceptors (Lipinski definition) is 2. The van der Waals surface area contributed by atoms with Crippen molar-refractivity contribution < 1.29 is 9.90 Å². The summed E-state index contributed by atoms with van der Waals surface area (Å²) in [5.41, 5.74) is 1.36. The molecule has 0 aromatic heterocycles. The number of carboxylic acid groups (broad SMARTS) is 1. The summed E-state index contributed by atoms with van der Waals surface area (Å²) in [6.07, 6.45) is 5.03. The molecule has 0 bridgehead atoms. The number of carboxylic acids is 1. The second-order valence-electron chi connectivity index (χ2n) is 4.71. The average molecular weight is 233 g/mol. The van der Waals surface area contributed by atoms with Gasteiger partial charge in [0.1, 0.15) is 6.04 Å². The number of aliphatic carboxylic acids is 1.